The molecule has 1 aromatic heterocycles. The largest absolute Gasteiger partial charge is 0.377 e. The minimum atomic E-state index is 0.284. The second kappa shape index (κ2) is 5.66. The predicted molar refractivity (Wildman–Crippen MR) is 47.1 cm³/mol. The Labute approximate surface area is 77.5 Å². The Balaban J connectivity index is 1.96. The van der Waals surface area contributed by atoms with Crippen molar-refractivity contribution in [3.8, 4) is 0 Å². The lowest BCUT2D eigenvalue weighted by molar-refractivity contribution is 0.0806. The first-order valence-electron chi connectivity index (χ1n) is 4.36. The molecule has 74 valence electrons. The van der Waals surface area contributed by atoms with Crippen LogP contribution in [0, 0.1) is 0 Å². The molecule has 0 saturated carbocycles. The molecule has 1 heterocycles. The topological polar surface area (TPSA) is 60.2 Å². The van der Waals surface area contributed by atoms with E-state index in [-0.39, 0.29) is 6.10 Å². The van der Waals surface area contributed by atoms with Gasteiger partial charge in [0, 0.05) is 6.54 Å². The van der Waals surface area contributed by atoms with Crippen LogP contribution in [0.2, 0.25) is 0 Å². The maximum atomic E-state index is 5.33. The van der Waals surface area contributed by atoms with Crippen LogP contribution >= 0.6 is 0 Å². The van der Waals surface area contributed by atoms with E-state index in [0.717, 1.165) is 6.54 Å². The van der Waals surface area contributed by atoms with Crippen LogP contribution in [0.15, 0.2) is 10.9 Å². The summed E-state index contributed by atoms with van der Waals surface area (Å²) in [5.41, 5.74) is 0. The van der Waals surface area contributed by atoms with E-state index in [1.165, 1.54) is 6.39 Å². The SMILES string of the molecule is CC(C)OCCNCc1ncon1. The summed E-state index contributed by atoms with van der Waals surface area (Å²) in [6.45, 7) is 6.15. The van der Waals surface area contributed by atoms with Gasteiger partial charge in [0.1, 0.15) is 0 Å². The van der Waals surface area contributed by atoms with Crippen molar-refractivity contribution >= 4 is 0 Å². The third kappa shape index (κ3) is 4.59. The molecule has 0 aliphatic heterocycles. The van der Waals surface area contributed by atoms with Crippen LogP contribution in [0.1, 0.15) is 19.7 Å². The first-order valence-corrected chi connectivity index (χ1v) is 4.36. The van der Waals surface area contributed by atoms with Crippen LogP contribution < -0.4 is 5.32 Å². The average molecular weight is 185 g/mol. The molecule has 0 aliphatic rings. The molecule has 1 rings (SSSR count). The van der Waals surface area contributed by atoms with Gasteiger partial charge in [0.2, 0.25) is 6.39 Å². The Kier molecular flexibility index (Phi) is 4.42. The van der Waals surface area contributed by atoms with Gasteiger partial charge in [-0.05, 0) is 13.8 Å². The highest BCUT2D eigenvalue weighted by Crippen LogP contribution is 1.87. The number of rotatable bonds is 6. The molecule has 0 atom stereocenters. The number of nitrogens with zero attached hydrogens (tertiary/aromatic N) is 2. The average Bonchev–Trinajstić information content (AvgIpc) is 2.55. The van der Waals surface area contributed by atoms with Gasteiger partial charge in [-0.25, -0.2) is 0 Å². The van der Waals surface area contributed by atoms with Crippen LogP contribution in [0.3, 0.4) is 0 Å². The summed E-state index contributed by atoms with van der Waals surface area (Å²) in [5, 5.41) is 6.79. The lowest BCUT2D eigenvalue weighted by atomic mass is 10.5. The fourth-order valence-corrected chi connectivity index (χ4v) is 0.837. The van der Waals surface area contributed by atoms with E-state index < -0.39 is 0 Å². The maximum absolute atomic E-state index is 5.33. The van der Waals surface area contributed by atoms with Crippen LogP contribution in [0.5, 0.6) is 0 Å². The Morgan fingerprint density at radius 3 is 3.08 bits per heavy atom. The van der Waals surface area contributed by atoms with E-state index in [2.05, 4.69) is 20.0 Å². The van der Waals surface area contributed by atoms with E-state index in [0.29, 0.717) is 19.0 Å². The summed E-state index contributed by atoms with van der Waals surface area (Å²) in [5.74, 6) is 0.671. The number of aromatic nitrogens is 2. The van der Waals surface area contributed by atoms with Crippen molar-refractivity contribution < 1.29 is 9.26 Å². The Morgan fingerprint density at radius 1 is 1.62 bits per heavy atom. The molecule has 0 saturated heterocycles. The van der Waals surface area contributed by atoms with Gasteiger partial charge in [-0.15, -0.1) is 0 Å². The van der Waals surface area contributed by atoms with Gasteiger partial charge in [0.15, 0.2) is 5.82 Å². The third-order valence-electron chi connectivity index (χ3n) is 1.42. The van der Waals surface area contributed by atoms with E-state index in [1.807, 2.05) is 13.8 Å². The van der Waals surface area contributed by atoms with Gasteiger partial charge in [-0.1, -0.05) is 5.16 Å². The lowest BCUT2D eigenvalue weighted by Gasteiger charge is -2.06. The minimum absolute atomic E-state index is 0.284. The molecule has 5 nitrogen and oxygen atoms in total. The fourth-order valence-electron chi connectivity index (χ4n) is 0.837. The van der Waals surface area contributed by atoms with E-state index in [4.69, 9.17) is 4.74 Å². The summed E-state index contributed by atoms with van der Waals surface area (Å²) in [6, 6.07) is 0. The maximum Gasteiger partial charge on any atom is 0.213 e. The Hall–Kier alpha value is -0.940. The summed E-state index contributed by atoms with van der Waals surface area (Å²) < 4.78 is 9.91. The number of hydrogen-bond donors (Lipinski definition) is 1. The van der Waals surface area contributed by atoms with Gasteiger partial charge >= 0.3 is 0 Å². The molecule has 5 heteroatoms. The van der Waals surface area contributed by atoms with Crippen molar-refractivity contribution in [2.24, 2.45) is 0 Å². The molecule has 0 bridgehead atoms. The summed E-state index contributed by atoms with van der Waals surface area (Å²) >= 11 is 0. The molecule has 0 radical (unpaired) electrons. The van der Waals surface area contributed by atoms with E-state index >= 15 is 0 Å². The second-order valence-electron chi connectivity index (χ2n) is 2.94. The van der Waals surface area contributed by atoms with Crippen LogP contribution in [-0.2, 0) is 11.3 Å². The first kappa shape index (κ1) is 10.1. The molecule has 1 aromatic rings. The Bertz CT molecular complexity index is 211. The zero-order valence-corrected chi connectivity index (χ0v) is 7.99. The smallest absolute Gasteiger partial charge is 0.213 e. The minimum Gasteiger partial charge on any atom is -0.377 e. The van der Waals surface area contributed by atoms with Crippen molar-refractivity contribution in [3.05, 3.63) is 12.2 Å². The van der Waals surface area contributed by atoms with Gasteiger partial charge in [-0.2, -0.15) is 4.98 Å². The van der Waals surface area contributed by atoms with Gasteiger partial charge < -0.3 is 14.6 Å². The molecular formula is C8H15N3O2. The summed E-state index contributed by atoms with van der Waals surface area (Å²) in [4.78, 5) is 3.87. The number of nitrogens with one attached hydrogen (secondary N) is 1. The highest BCUT2D eigenvalue weighted by Gasteiger charge is 1.97. The molecular weight excluding hydrogens is 170 g/mol. The fraction of sp³-hybridized carbons (Fsp3) is 0.750. The van der Waals surface area contributed by atoms with Gasteiger partial charge in [-0.3, -0.25) is 0 Å². The first-order chi connectivity index (χ1) is 6.29. The third-order valence-corrected chi connectivity index (χ3v) is 1.42. The van der Waals surface area contributed by atoms with Crippen LogP contribution in [-0.4, -0.2) is 29.4 Å². The van der Waals surface area contributed by atoms with Crippen molar-refractivity contribution in [2.75, 3.05) is 13.2 Å². The standard InChI is InChI=1S/C8H15N3O2/c1-7(2)12-4-3-9-5-8-10-6-13-11-8/h6-7,9H,3-5H2,1-2H3. The molecule has 0 aliphatic carbocycles. The molecule has 0 aromatic carbocycles. The number of ether oxygens (including phenoxy) is 1. The van der Waals surface area contributed by atoms with Crippen molar-refractivity contribution in [3.63, 3.8) is 0 Å². The van der Waals surface area contributed by atoms with Crippen molar-refractivity contribution in [1.29, 1.82) is 0 Å². The van der Waals surface area contributed by atoms with Crippen molar-refractivity contribution in [2.45, 2.75) is 26.5 Å². The van der Waals surface area contributed by atoms with Crippen LogP contribution in [0.25, 0.3) is 0 Å². The van der Waals surface area contributed by atoms with Crippen molar-refractivity contribution in [1.82, 2.24) is 15.5 Å². The highest BCUT2D eigenvalue weighted by molar-refractivity contribution is 4.75. The quantitative estimate of drug-likeness (QED) is 0.657. The summed E-state index contributed by atoms with van der Waals surface area (Å²) in [6.07, 6.45) is 1.61. The number of hydrogen-bond acceptors (Lipinski definition) is 5. The lowest BCUT2D eigenvalue weighted by Crippen LogP contribution is -2.21. The molecule has 13 heavy (non-hydrogen) atoms. The predicted octanol–water partition coefficient (Wildman–Crippen LogP) is 0.584. The normalized spacial score (nSPS) is 11.0. The van der Waals surface area contributed by atoms with Gasteiger partial charge in [0.25, 0.3) is 0 Å². The molecule has 1 N–H and O–H groups in total. The van der Waals surface area contributed by atoms with Gasteiger partial charge in [0.05, 0.1) is 19.3 Å². The highest BCUT2D eigenvalue weighted by atomic mass is 16.5. The molecule has 0 unspecified atom stereocenters. The second-order valence-corrected chi connectivity index (χ2v) is 2.94. The van der Waals surface area contributed by atoms with E-state index in [9.17, 15) is 0 Å². The van der Waals surface area contributed by atoms with E-state index in [1.54, 1.807) is 0 Å². The monoisotopic (exact) mass is 185 g/mol. The summed E-state index contributed by atoms with van der Waals surface area (Å²) in [7, 11) is 0. The molecule has 0 spiro atoms. The Morgan fingerprint density at radius 2 is 2.46 bits per heavy atom. The zero-order valence-electron chi connectivity index (χ0n) is 7.99. The zero-order chi connectivity index (χ0) is 9.52. The van der Waals surface area contributed by atoms with Crippen LogP contribution in [0.4, 0.5) is 0 Å². The molecule has 0 fully saturated rings. The molecule has 0 amide bonds.